The summed E-state index contributed by atoms with van der Waals surface area (Å²) in [6.45, 7) is 5.93. The first-order valence-corrected chi connectivity index (χ1v) is 15.4. The van der Waals surface area contributed by atoms with Crippen molar-refractivity contribution in [3.05, 3.63) is 89.0 Å². The van der Waals surface area contributed by atoms with Crippen LogP contribution in [0.5, 0.6) is 0 Å². The first-order chi connectivity index (χ1) is 21.2. The molecule has 9 heteroatoms. The molecular formula is C35H40N4O5. The summed E-state index contributed by atoms with van der Waals surface area (Å²) in [7, 11) is 0. The molecule has 44 heavy (non-hydrogen) atoms. The normalized spacial score (nSPS) is 17.0. The minimum Gasteiger partial charge on any atom is -0.462 e. The number of nitrogens with zero attached hydrogens (tertiary/aromatic N) is 2. The van der Waals surface area contributed by atoms with Crippen LogP contribution < -0.4 is 20.4 Å². The lowest BCUT2D eigenvalue weighted by Crippen LogP contribution is -2.55. The maximum absolute atomic E-state index is 14.3. The van der Waals surface area contributed by atoms with Crippen LogP contribution in [0.2, 0.25) is 0 Å². The summed E-state index contributed by atoms with van der Waals surface area (Å²) < 4.78 is 5.08. The molecule has 1 aliphatic carbocycles. The zero-order valence-electron chi connectivity index (χ0n) is 25.6. The van der Waals surface area contributed by atoms with Gasteiger partial charge >= 0.3 is 12.0 Å². The van der Waals surface area contributed by atoms with Crippen molar-refractivity contribution in [2.24, 2.45) is 0 Å². The molecule has 2 aliphatic rings. The topological polar surface area (TPSA) is 108 Å². The van der Waals surface area contributed by atoms with E-state index in [1.165, 1.54) is 17.4 Å². The van der Waals surface area contributed by atoms with Crippen molar-refractivity contribution in [1.29, 1.82) is 0 Å². The Morgan fingerprint density at radius 1 is 0.909 bits per heavy atom. The number of Topliss-reactive ketones (excluding diaryl/α,β-unsaturated/α-hetero) is 1. The molecule has 0 bridgehead atoms. The number of amides is 3. The zero-order valence-corrected chi connectivity index (χ0v) is 25.6. The molecule has 3 aromatic carbocycles. The molecule has 0 spiro atoms. The van der Waals surface area contributed by atoms with Gasteiger partial charge in [0.15, 0.2) is 5.78 Å². The van der Waals surface area contributed by atoms with Crippen LogP contribution in [0, 0.1) is 13.8 Å². The van der Waals surface area contributed by atoms with E-state index in [-0.39, 0.29) is 37.4 Å². The van der Waals surface area contributed by atoms with Crippen LogP contribution in [-0.2, 0) is 9.53 Å². The summed E-state index contributed by atoms with van der Waals surface area (Å²) >= 11 is 0. The second-order valence-electron chi connectivity index (χ2n) is 11.6. The van der Waals surface area contributed by atoms with E-state index in [2.05, 4.69) is 15.5 Å². The smallest absolute Gasteiger partial charge is 0.338 e. The number of carbonyl (C=O) groups is 4. The molecule has 1 aliphatic heterocycles. The van der Waals surface area contributed by atoms with Gasteiger partial charge in [-0.3, -0.25) is 9.59 Å². The van der Waals surface area contributed by atoms with Crippen LogP contribution in [0.3, 0.4) is 0 Å². The third kappa shape index (κ3) is 6.93. The molecule has 3 aromatic rings. The second-order valence-corrected chi connectivity index (χ2v) is 11.6. The lowest BCUT2D eigenvalue weighted by molar-refractivity contribution is -0.120. The van der Waals surface area contributed by atoms with Crippen LogP contribution in [-0.4, -0.2) is 55.5 Å². The van der Waals surface area contributed by atoms with Gasteiger partial charge in [0, 0.05) is 23.8 Å². The highest BCUT2D eigenvalue weighted by molar-refractivity contribution is 6.10. The van der Waals surface area contributed by atoms with Crippen molar-refractivity contribution >= 4 is 40.8 Å². The number of hydrogen-bond donors (Lipinski definition) is 2. The highest BCUT2D eigenvalue weighted by Gasteiger charge is 2.38. The molecule has 0 aromatic heterocycles. The average Bonchev–Trinajstić information content (AvgIpc) is 3.12. The molecule has 1 heterocycles. The van der Waals surface area contributed by atoms with Gasteiger partial charge in [0.1, 0.15) is 6.04 Å². The van der Waals surface area contributed by atoms with E-state index in [0.717, 1.165) is 42.5 Å². The van der Waals surface area contributed by atoms with Gasteiger partial charge in [0.2, 0.25) is 0 Å². The highest BCUT2D eigenvalue weighted by atomic mass is 16.5. The molecule has 5 rings (SSSR count). The summed E-state index contributed by atoms with van der Waals surface area (Å²) in [5.41, 5.74) is 4.64. The quantitative estimate of drug-likeness (QED) is 0.243. The largest absolute Gasteiger partial charge is 0.462 e. The average molecular weight is 597 g/mol. The van der Waals surface area contributed by atoms with E-state index in [9.17, 15) is 19.2 Å². The van der Waals surface area contributed by atoms with E-state index >= 15 is 0 Å². The van der Waals surface area contributed by atoms with Gasteiger partial charge in [-0.15, -0.1) is 0 Å². The first-order valence-electron chi connectivity index (χ1n) is 15.4. The Bertz CT molecular complexity index is 1550. The molecule has 2 N–H and O–H groups in total. The molecular weight excluding hydrogens is 556 g/mol. The number of benzene rings is 3. The first kappa shape index (κ1) is 30.8. The van der Waals surface area contributed by atoms with E-state index < -0.39 is 18.0 Å². The molecule has 3 amide bonds. The van der Waals surface area contributed by atoms with Gasteiger partial charge in [-0.1, -0.05) is 55.7 Å². The van der Waals surface area contributed by atoms with E-state index in [1.54, 1.807) is 31.2 Å². The predicted octanol–water partition coefficient (Wildman–Crippen LogP) is 6.04. The maximum atomic E-state index is 14.3. The number of carbonyl (C=O) groups excluding carboxylic acids is 4. The third-order valence-electron chi connectivity index (χ3n) is 8.37. The zero-order chi connectivity index (χ0) is 31.2. The fourth-order valence-corrected chi connectivity index (χ4v) is 6.16. The molecule has 9 nitrogen and oxygen atoms in total. The number of aryl methyl sites for hydroxylation is 2. The van der Waals surface area contributed by atoms with Crippen molar-refractivity contribution in [3.63, 3.8) is 0 Å². The number of esters is 1. The molecule has 230 valence electrons. The fourth-order valence-electron chi connectivity index (χ4n) is 6.16. The van der Waals surface area contributed by atoms with Gasteiger partial charge < -0.3 is 25.2 Å². The van der Waals surface area contributed by atoms with Crippen molar-refractivity contribution in [2.45, 2.75) is 65.0 Å². The van der Waals surface area contributed by atoms with E-state index in [4.69, 9.17) is 4.74 Å². The SMILES string of the molecule is CCOC(=O)c1cccc(NC(=O)NC2CN(C3CCCCC3)c3ccc(C)cc3N(CC(=O)c3ccccc3C)C2=O)c1. The monoisotopic (exact) mass is 596 g/mol. The maximum Gasteiger partial charge on any atom is 0.338 e. The van der Waals surface area contributed by atoms with Gasteiger partial charge in [0.05, 0.1) is 30.1 Å². The number of anilines is 3. The van der Waals surface area contributed by atoms with Gasteiger partial charge in [-0.05, 0) is 75.1 Å². The highest BCUT2D eigenvalue weighted by Crippen LogP contribution is 2.38. The molecule has 1 fully saturated rings. The number of ketones is 1. The van der Waals surface area contributed by atoms with Crippen LogP contribution in [0.15, 0.2) is 66.7 Å². The lowest BCUT2D eigenvalue weighted by atomic mass is 9.93. The molecule has 1 saturated carbocycles. The standard InChI is InChI=1S/C35H40N4O5/c1-4-44-34(42)25-12-10-13-26(20-25)36-35(43)37-29-21-38(27-14-6-5-7-15-27)30-18-17-23(2)19-31(30)39(33(29)41)22-32(40)28-16-9-8-11-24(28)3/h8-13,16-20,27,29H,4-7,14-15,21-22H2,1-3H3,(H2,36,37,43). The Morgan fingerprint density at radius 2 is 1.68 bits per heavy atom. The Balaban J connectivity index is 1.47. The number of ether oxygens (including phenoxy) is 1. The van der Waals surface area contributed by atoms with Crippen molar-refractivity contribution < 1.29 is 23.9 Å². The number of rotatable bonds is 8. The summed E-state index contributed by atoms with van der Waals surface area (Å²) in [5.74, 6) is -1.01. The van der Waals surface area contributed by atoms with Crippen LogP contribution in [0.4, 0.5) is 21.9 Å². The summed E-state index contributed by atoms with van der Waals surface area (Å²) in [6.07, 6.45) is 5.35. The molecule has 1 unspecified atom stereocenters. The van der Waals surface area contributed by atoms with Gasteiger partial charge in [0.25, 0.3) is 5.91 Å². The van der Waals surface area contributed by atoms with Crippen molar-refractivity contribution in [2.75, 3.05) is 34.8 Å². The Kier molecular flexibility index (Phi) is 9.62. The van der Waals surface area contributed by atoms with Crippen molar-refractivity contribution in [1.82, 2.24) is 5.32 Å². The summed E-state index contributed by atoms with van der Waals surface area (Å²) in [4.78, 5) is 57.3. The predicted molar refractivity (Wildman–Crippen MR) is 172 cm³/mol. The van der Waals surface area contributed by atoms with E-state index in [1.807, 2.05) is 50.2 Å². The van der Waals surface area contributed by atoms with Crippen LogP contribution >= 0.6 is 0 Å². The van der Waals surface area contributed by atoms with E-state index in [0.29, 0.717) is 22.5 Å². The molecule has 0 radical (unpaired) electrons. The number of fused-ring (bicyclic) bond motifs is 1. The Labute approximate surface area is 258 Å². The van der Waals surface area contributed by atoms with Gasteiger partial charge in [-0.25, -0.2) is 9.59 Å². The summed E-state index contributed by atoms with van der Waals surface area (Å²) in [6, 6.07) is 18.5. The van der Waals surface area contributed by atoms with Crippen LogP contribution in [0.1, 0.15) is 70.9 Å². The Morgan fingerprint density at radius 3 is 2.43 bits per heavy atom. The summed E-state index contributed by atoms with van der Waals surface area (Å²) in [5, 5.41) is 5.66. The second kappa shape index (κ2) is 13.8. The van der Waals surface area contributed by atoms with Crippen molar-refractivity contribution in [3.8, 4) is 0 Å². The minimum absolute atomic E-state index is 0.153. The molecule has 1 atom stereocenters. The molecule has 0 saturated heterocycles. The fraction of sp³-hybridized carbons (Fsp3) is 0.371. The lowest BCUT2D eigenvalue weighted by Gasteiger charge is -2.37. The number of hydrogen-bond acceptors (Lipinski definition) is 6. The van der Waals surface area contributed by atoms with Crippen LogP contribution in [0.25, 0.3) is 0 Å². The Hall–Kier alpha value is -4.66. The third-order valence-corrected chi connectivity index (χ3v) is 8.37. The number of nitrogens with one attached hydrogen (secondary N) is 2. The number of urea groups is 1. The minimum atomic E-state index is -0.928. The van der Waals surface area contributed by atoms with Gasteiger partial charge in [-0.2, -0.15) is 0 Å².